The Kier molecular flexibility index (Phi) is 6.80. The van der Waals surface area contributed by atoms with Gasteiger partial charge in [0.15, 0.2) is 0 Å². The molecule has 1 atom stereocenters. The Morgan fingerprint density at radius 1 is 1.41 bits per heavy atom. The van der Waals surface area contributed by atoms with E-state index < -0.39 is 5.41 Å². The maximum atomic E-state index is 11.8. The van der Waals surface area contributed by atoms with Gasteiger partial charge in [-0.1, -0.05) is 6.92 Å². The van der Waals surface area contributed by atoms with Crippen LogP contribution in [0.2, 0.25) is 0 Å². The first kappa shape index (κ1) is 15.9. The molecule has 5 heteroatoms. The molecule has 0 spiro atoms. The summed E-state index contributed by atoms with van der Waals surface area (Å²) in [5.41, 5.74) is 4.62. The van der Waals surface area contributed by atoms with Crippen molar-refractivity contribution >= 4 is 11.9 Å². The van der Waals surface area contributed by atoms with Gasteiger partial charge in [0, 0.05) is 5.92 Å². The van der Waals surface area contributed by atoms with Crippen molar-refractivity contribution in [2.75, 3.05) is 20.2 Å². The normalized spacial score (nSPS) is 13.2. The highest BCUT2D eigenvalue weighted by molar-refractivity contribution is 5.80. The molecular formula is C12H25N2O3+. The zero-order valence-electron chi connectivity index (χ0n) is 11.3. The lowest BCUT2D eigenvalue weighted by Gasteiger charge is -2.25. The van der Waals surface area contributed by atoms with Crippen molar-refractivity contribution in [1.82, 2.24) is 0 Å². The number of hydrogen-bond acceptors (Lipinski definition) is 3. The van der Waals surface area contributed by atoms with Crippen LogP contribution in [0, 0.1) is 11.3 Å². The fourth-order valence-electron chi connectivity index (χ4n) is 1.61. The van der Waals surface area contributed by atoms with Crippen molar-refractivity contribution in [3.63, 3.8) is 0 Å². The molecule has 4 N–H and O–H groups in total. The van der Waals surface area contributed by atoms with Gasteiger partial charge in [0.25, 0.3) is 0 Å². The Morgan fingerprint density at radius 3 is 2.41 bits per heavy atom. The lowest BCUT2D eigenvalue weighted by atomic mass is 9.81. The van der Waals surface area contributed by atoms with E-state index in [1.807, 2.05) is 19.3 Å². The summed E-state index contributed by atoms with van der Waals surface area (Å²) in [4.78, 5) is 23.0. The van der Waals surface area contributed by atoms with E-state index in [1.165, 1.54) is 0 Å². The molecule has 0 radical (unpaired) electrons. The molecule has 1 amide bonds. The molecule has 0 aromatic rings. The van der Waals surface area contributed by atoms with Crippen LogP contribution in [0.25, 0.3) is 0 Å². The van der Waals surface area contributed by atoms with Crippen molar-refractivity contribution in [3.8, 4) is 0 Å². The second-order valence-electron chi connectivity index (χ2n) is 4.93. The molecule has 0 bridgehead atoms. The number of hydrogen-bond donors (Lipinski definition) is 2. The largest absolute Gasteiger partial charge is 0.459 e. The van der Waals surface area contributed by atoms with Gasteiger partial charge in [0.2, 0.25) is 5.91 Å². The van der Waals surface area contributed by atoms with Gasteiger partial charge in [-0.25, -0.2) is 0 Å². The third kappa shape index (κ3) is 5.68. The molecule has 0 aliphatic heterocycles. The number of likely N-dealkylation sites (N-methyl/N-ethyl adjacent to an activating group) is 1. The molecule has 5 nitrogen and oxygen atoms in total. The van der Waals surface area contributed by atoms with E-state index in [-0.39, 0.29) is 17.8 Å². The third-order valence-corrected chi connectivity index (χ3v) is 2.84. The highest BCUT2D eigenvalue weighted by Crippen LogP contribution is 2.28. The number of esters is 1. The number of nitrogens with two attached hydrogens (primary N) is 2. The topological polar surface area (TPSA) is 86.0 Å². The van der Waals surface area contributed by atoms with E-state index in [1.54, 1.807) is 13.8 Å². The van der Waals surface area contributed by atoms with Gasteiger partial charge in [-0.3, -0.25) is 9.59 Å². The molecule has 17 heavy (non-hydrogen) atoms. The van der Waals surface area contributed by atoms with E-state index in [9.17, 15) is 9.59 Å². The highest BCUT2D eigenvalue weighted by atomic mass is 16.5. The van der Waals surface area contributed by atoms with E-state index in [0.29, 0.717) is 19.4 Å². The lowest BCUT2D eigenvalue weighted by molar-refractivity contribution is -0.628. The van der Waals surface area contributed by atoms with Gasteiger partial charge >= 0.3 is 5.97 Å². The molecule has 0 aliphatic rings. The maximum Gasteiger partial charge on any atom is 0.311 e. The Balaban J connectivity index is 4.33. The summed E-state index contributed by atoms with van der Waals surface area (Å²) in [6.07, 6.45) is 1.09. The summed E-state index contributed by atoms with van der Waals surface area (Å²) < 4.78 is 5.15. The molecule has 0 fully saturated rings. The number of carbonyl (C=O) groups is 2. The average molecular weight is 245 g/mol. The minimum atomic E-state index is -0.663. The van der Waals surface area contributed by atoms with Crippen LogP contribution in [0.1, 0.15) is 33.6 Å². The molecule has 100 valence electrons. The van der Waals surface area contributed by atoms with Crippen LogP contribution in [-0.4, -0.2) is 32.1 Å². The Hall–Kier alpha value is -1.10. The molecule has 0 aliphatic carbocycles. The first-order valence-electron chi connectivity index (χ1n) is 6.09. The van der Waals surface area contributed by atoms with E-state index in [4.69, 9.17) is 10.5 Å². The van der Waals surface area contributed by atoms with Crippen LogP contribution < -0.4 is 11.1 Å². The predicted octanol–water partition coefficient (Wildman–Crippen LogP) is -0.349. The van der Waals surface area contributed by atoms with Crippen molar-refractivity contribution in [2.24, 2.45) is 17.1 Å². The molecule has 0 rings (SSSR count). The Bertz CT molecular complexity index is 264. The fourth-order valence-corrected chi connectivity index (χ4v) is 1.61. The Morgan fingerprint density at radius 2 is 2.00 bits per heavy atom. The van der Waals surface area contributed by atoms with Crippen LogP contribution in [0.15, 0.2) is 0 Å². The van der Waals surface area contributed by atoms with Crippen LogP contribution in [0.3, 0.4) is 0 Å². The number of primary amides is 1. The first-order valence-corrected chi connectivity index (χ1v) is 6.09. The number of ether oxygens (including phenoxy) is 1. The summed E-state index contributed by atoms with van der Waals surface area (Å²) in [5, 5.41) is 1.94. The minimum Gasteiger partial charge on any atom is -0.459 e. The summed E-state index contributed by atoms with van der Waals surface area (Å²) in [6, 6.07) is 0. The summed E-state index contributed by atoms with van der Waals surface area (Å²) in [7, 11) is 1.92. The van der Waals surface area contributed by atoms with E-state index in [2.05, 4.69) is 0 Å². The fraction of sp³-hybridized carbons (Fsp3) is 0.833. The quantitative estimate of drug-likeness (QED) is 0.453. The molecule has 0 aromatic heterocycles. The summed E-state index contributed by atoms with van der Waals surface area (Å²) >= 11 is 0. The number of carbonyl (C=O) groups excluding carboxylic acids is 2. The summed E-state index contributed by atoms with van der Waals surface area (Å²) in [6.45, 7) is 6.61. The zero-order valence-corrected chi connectivity index (χ0v) is 11.3. The van der Waals surface area contributed by atoms with Crippen LogP contribution in [0.5, 0.6) is 0 Å². The summed E-state index contributed by atoms with van der Waals surface area (Å²) in [5.74, 6) is -0.885. The number of rotatable bonds is 8. The molecule has 0 unspecified atom stereocenters. The minimum absolute atomic E-state index is 0.265. The average Bonchev–Trinajstić information content (AvgIpc) is 2.25. The Labute approximate surface area is 103 Å². The van der Waals surface area contributed by atoms with Crippen LogP contribution in [0.4, 0.5) is 0 Å². The molecule has 0 heterocycles. The van der Waals surface area contributed by atoms with Gasteiger partial charge in [0.1, 0.15) is 13.2 Å². The first-order chi connectivity index (χ1) is 7.85. The number of quaternary nitrogens is 1. The highest BCUT2D eigenvalue weighted by Gasteiger charge is 2.33. The van der Waals surface area contributed by atoms with E-state index >= 15 is 0 Å². The van der Waals surface area contributed by atoms with Gasteiger partial charge in [-0.2, -0.15) is 0 Å². The predicted molar refractivity (Wildman–Crippen MR) is 65.0 cm³/mol. The van der Waals surface area contributed by atoms with Crippen molar-refractivity contribution < 1.29 is 19.6 Å². The van der Waals surface area contributed by atoms with Crippen LogP contribution in [-0.2, 0) is 14.3 Å². The molecule has 0 saturated carbocycles. The second-order valence-corrected chi connectivity index (χ2v) is 4.93. The van der Waals surface area contributed by atoms with Crippen LogP contribution >= 0.6 is 0 Å². The van der Waals surface area contributed by atoms with E-state index in [0.717, 1.165) is 6.54 Å². The standard InChI is InChI=1S/C12H24N2O3/c1-5-9(10(13)15)8-12(2,3)11(16)17-7-6-14-4/h9,14H,5-8H2,1-4H3,(H2,13,15)/p+1/t9-/m1/s1. The smallest absolute Gasteiger partial charge is 0.311 e. The molecular weight excluding hydrogens is 220 g/mol. The van der Waals surface area contributed by atoms with Gasteiger partial charge in [-0.15, -0.1) is 0 Å². The third-order valence-electron chi connectivity index (χ3n) is 2.84. The second kappa shape index (κ2) is 7.27. The van der Waals surface area contributed by atoms with Gasteiger partial charge in [0.05, 0.1) is 12.5 Å². The van der Waals surface area contributed by atoms with Gasteiger partial charge in [-0.05, 0) is 26.7 Å². The SMILES string of the molecule is CC[C@H](CC(C)(C)C(=O)OCC[NH2+]C)C(N)=O. The molecule has 0 saturated heterocycles. The number of amides is 1. The van der Waals surface area contributed by atoms with Gasteiger partial charge < -0.3 is 15.8 Å². The zero-order chi connectivity index (χ0) is 13.5. The molecule has 0 aromatic carbocycles. The monoisotopic (exact) mass is 245 g/mol. The van der Waals surface area contributed by atoms with Crippen molar-refractivity contribution in [1.29, 1.82) is 0 Å². The van der Waals surface area contributed by atoms with Crippen molar-refractivity contribution in [3.05, 3.63) is 0 Å². The maximum absolute atomic E-state index is 11.8. The lowest BCUT2D eigenvalue weighted by Crippen LogP contribution is -2.80. The van der Waals surface area contributed by atoms with Crippen molar-refractivity contribution in [2.45, 2.75) is 33.6 Å².